The van der Waals surface area contributed by atoms with Crippen LogP contribution in [-0.4, -0.2) is 19.8 Å². The molecular formula is C6H7N5. The minimum atomic E-state index is 0.468. The highest BCUT2D eigenvalue weighted by Crippen LogP contribution is 2.06. The van der Waals surface area contributed by atoms with Crippen molar-refractivity contribution < 1.29 is 0 Å². The van der Waals surface area contributed by atoms with Crippen LogP contribution in [0.5, 0.6) is 0 Å². The van der Waals surface area contributed by atoms with Gasteiger partial charge in [0.05, 0.1) is 6.20 Å². The molecule has 0 aliphatic heterocycles. The number of nitrogen functional groups attached to an aromatic ring is 1. The van der Waals surface area contributed by atoms with E-state index < -0.39 is 0 Å². The summed E-state index contributed by atoms with van der Waals surface area (Å²) < 4.78 is 1.47. The van der Waals surface area contributed by atoms with Gasteiger partial charge in [-0.3, -0.25) is 0 Å². The van der Waals surface area contributed by atoms with E-state index in [0.717, 1.165) is 5.52 Å². The molecule has 0 saturated heterocycles. The molecule has 0 aliphatic rings. The zero-order chi connectivity index (χ0) is 7.84. The van der Waals surface area contributed by atoms with E-state index in [0.29, 0.717) is 11.6 Å². The largest absolute Gasteiger partial charge is 0.382 e. The Hall–Kier alpha value is -1.65. The minimum Gasteiger partial charge on any atom is -0.382 e. The van der Waals surface area contributed by atoms with Gasteiger partial charge in [0.25, 0.3) is 0 Å². The molecule has 0 aliphatic carbocycles. The quantitative estimate of drug-likeness (QED) is 0.573. The summed E-state index contributed by atoms with van der Waals surface area (Å²) in [5, 5.41) is 7.94. The Labute approximate surface area is 62.9 Å². The monoisotopic (exact) mass is 149 g/mol. The third-order valence-electron chi connectivity index (χ3n) is 1.41. The highest BCUT2D eigenvalue weighted by Gasteiger charge is 2.00. The standard InChI is InChI=1S/C6H7N5/c1-4-9-6(7)5-2-3-8-11(5)10-4/h2-3H,1H3,(H2,7,9,10). The first-order valence-corrected chi connectivity index (χ1v) is 3.21. The van der Waals surface area contributed by atoms with E-state index in [4.69, 9.17) is 5.73 Å². The van der Waals surface area contributed by atoms with Crippen LogP contribution in [0.25, 0.3) is 5.52 Å². The highest BCUT2D eigenvalue weighted by atomic mass is 15.4. The van der Waals surface area contributed by atoms with Crippen molar-refractivity contribution in [2.75, 3.05) is 5.73 Å². The number of anilines is 1. The number of hydrogen-bond acceptors (Lipinski definition) is 4. The molecule has 0 amide bonds. The van der Waals surface area contributed by atoms with Gasteiger partial charge in [0.2, 0.25) is 0 Å². The van der Waals surface area contributed by atoms with E-state index in [1.54, 1.807) is 19.2 Å². The van der Waals surface area contributed by atoms with Crippen molar-refractivity contribution in [3.05, 3.63) is 18.1 Å². The van der Waals surface area contributed by atoms with Crippen molar-refractivity contribution in [1.29, 1.82) is 0 Å². The predicted octanol–water partition coefficient (Wildman–Crippen LogP) is 0.0149. The maximum Gasteiger partial charge on any atom is 0.153 e. The lowest BCUT2D eigenvalue weighted by Crippen LogP contribution is -2.03. The van der Waals surface area contributed by atoms with E-state index in [9.17, 15) is 0 Å². The maximum absolute atomic E-state index is 5.59. The van der Waals surface area contributed by atoms with Crippen molar-refractivity contribution in [2.24, 2.45) is 0 Å². The van der Waals surface area contributed by atoms with Gasteiger partial charge in [-0.05, 0) is 13.0 Å². The zero-order valence-electron chi connectivity index (χ0n) is 6.02. The lowest BCUT2D eigenvalue weighted by molar-refractivity contribution is 0.759. The van der Waals surface area contributed by atoms with Gasteiger partial charge in [0, 0.05) is 0 Å². The number of hydrogen-bond donors (Lipinski definition) is 1. The maximum atomic E-state index is 5.59. The summed E-state index contributed by atoms with van der Waals surface area (Å²) in [5.41, 5.74) is 6.34. The molecule has 0 fully saturated rings. The molecule has 0 aromatic carbocycles. The topological polar surface area (TPSA) is 69.1 Å². The molecule has 0 saturated carbocycles. The smallest absolute Gasteiger partial charge is 0.153 e. The minimum absolute atomic E-state index is 0.468. The van der Waals surface area contributed by atoms with E-state index in [1.165, 1.54) is 4.63 Å². The third-order valence-corrected chi connectivity index (χ3v) is 1.41. The average Bonchev–Trinajstić information content (AvgIpc) is 2.34. The van der Waals surface area contributed by atoms with E-state index >= 15 is 0 Å². The van der Waals surface area contributed by atoms with Crippen LogP contribution >= 0.6 is 0 Å². The molecule has 0 bridgehead atoms. The van der Waals surface area contributed by atoms with E-state index in [-0.39, 0.29) is 0 Å². The van der Waals surface area contributed by atoms with Gasteiger partial charge in [-0.1, -0.05) is 0 Å². The average molecular weight is 149 g/mol. The van der Waals surface area contributed by atoms with Crippen molar-refractivity contribution in [3.63, 3.8) is 0 Å². The lowest BCUT2D eigenvalue weighted by Gasteiger charge is -1.96. The van der Waals surface area contributed by atoms with Crippen LogP contribution < -0.4 is 5.73 Å². The van der Waals surface area contributed by atoms with Crippen LogP contribution in [-0.2, 0) is 0 Å². The Bertz CT molecular complexity index is 391. The van der Waals surface area contributed by atoms with Crippen LogP contribution in [0, 0.1) is 6.92 Å². The van der Waals surface area contributed by atoms with E-state index in [1.807, 2.05) is 0 Å². The summed E-state index contributed by atoms with van der Waals surface area (Å²) in [5.74, 6) is 1.09. The van der Waals surface area contributed by atoms with Crippen LogP contribution in [0.15, 0.2) is 12.3 Å². The Balaban J connectivity index is 2.91. The third kappa shape index (κ3) is 0.813. The molecule has 2 N–H and O–H groups in total. The van der Waals surface area contributed by atoms with Crippen molar-refractivity contribution in [2.45, 2.75) is 6.92 Å². The SMILES string of the molecule is Cc1nc(N)c2ccnn2n1. The molecule has 0 radical (unpaired) electrons. The van der Waals surface area contributed by atoms with Crippen molar-refractivity contribution >= 4 is 11.3 Å². The molecule has 0 atom stereocenters. The van der Waals surface area contributed by atoms with Gasteiger partial charge in [0.1, 0.15) is 11.3 Å². The fraction of sp³-hybridized carbons (Fsp3) is 0.167. The number of aryl methyl sites for hydroxylation is 1. The second-order valence-corrected chi connectivity index (χ2v) is 2.25. The molecule has 11 heavy (non-hydrogen) atoms. The molecule has 2 rings (SSSR count). The second-order valence-electron chi connectivity index (χ2n) is 2.25. The highest BCUT2D eigenvalue weighted by molar-refractivity contribution is 5.63. The molecule has 2 aromatic heterocycles. The summed E-state index contributed by atoms with van der Waals surface area (Å²) in [6.07, 6.45) is 1.64. The normalized spacial score (nSPS) is 10.6. The number of nitrogens with zero attached hydrogens (tertiary/aromatic N) is 4. The fourth-order valence-electron chi connectivity index (χ4n) is 0.955. The molecule has 5 heteroatoms. The summed E-state index contributed by atoms with van der Waals surface area (Å²) in [4.78, 5) is 3.98. The van der Waals surface area contributed by atoms with Crippen molar-refractivity contribution in [3.8, 4) is 0 Å². The fourth-order valence-corrected chi connectivity index (χ4v) is 0.955. The van der Waals surface area contributed by atoms with Gasteiger partial charge in [-0.25, -0.2) is 4.98 Å². The summed E-state index contributed by atoms with van der Waals surface area (Å²) in [6, 6.07) is 1.77. The second kappa shape index (κ2) is 1.91. The summed E-state index contributed by atoms with van der Waals surface area (Å²) >= 11 is 0. The molecule has 5 nitrogen and oxygen atoms in total. The van der Waals surface area contributed by atoms with Crippen molar-refractivity contribution in [1.82, 2.24) is 19.8 Å². The van der Waals surface area contributed by atoms with Crippen LogP contribution in [0.1, 0.15) is 5.82 Å². The number of aromatic nitrogens is 4. The Morgan fingerprint density at radius 1 is 1.55 bits per heavy atom. The Morgan fingerprint density at radius 2 is 2.36 bits per heavy atom. The van der Waals surface area contributed by atoms with Crippen LogP contribution in [0.3, 0.4) is 0 Å². The lowest BCUT2D eigenvalue weighted by atomic mass is 10.5. The first-order chi connectivity index (χ1) is 5.27. The van der Waals surface area contributed by atoms with E-state index in [2.05, 4.69) is 15.2 Å². The first kappa shape index (κ1) is 6.09. The predicted molar refractivity (Wildman–Crippen MR) is 39.9 cm³/mol. The van der Waals surface area contributed by atoms with Crippen LogP contribution in [0.4, 0.5) is 5.82 Å². The molecule has 0 spiro atoms. The molecule has 56 valence electrons. The molecular weight excluding hydrogens is 142 g/mol. The van der Waals surface area contributed by atoms with Gasteiger partial charge in [-0.2, -0.15) is 5.10 Å². The Morgan fingerprint density at radius 3 is 3.18 bits per heavy atom. The van der Waals surface area contributed by atoms with Crippen LogP contribution in [0.2, 0.25) is 0 Å². The summed E-state index contributed by atoms with van der Waals surface area (Å²) in [7, 11) is 0. The number of nitrogens with two attached hydrogens (primary N) is 1. The van der Waals surface area contributed by atoms with Gasteiger partial charge in [0.15, 0.2) is 5.82 Å². The van der Waals surface area contributed by atoms with Gasteiger partial charge in [-0.15, -0.1) is 9.73 Å². The zero-order valence-corrected chi connectivity index (χ0v) is 6.02. The molecule has 0 unspecified atom stereocenters. The number of rotatable bonds is 0. The van der Waals surface area contributed by atoms with Gasteiger partial charge < -0.3 is 5.73 Å². The molecule has 2 aromatic rings. The van der Waals surface area contributed by atoms with Gasteiger partial charge >= 0.3 is 0 Å². The Kier molecular flexibility index (Phi) is 1.06. The first-order valence-electron chi connectivity index (χ1n) is 3.21. The number of fused-ring (bicyclic) bond motifs is 1. The summed E-state index contributed by atoms with van der Waals surface area (Å²) in [6.45, 7) is 1.78. The molecule has 2 heterocycles.